The molecular weight excluding hydrogens is 394 g/mol. The highest BCUT2D eigenvalue weighted by Crippen LogP contribution is 2.29. The average molecular weight is 422 g/mol. The van der Waals surface area contributed by atoms with Gasteiger partial charge in [0.05, 0.1) is 10.5 Å². The van der Waals surface area contributed by atoms with Crippen LogP contribution in [0, 0.1) is 23.2 Å². The molecule has 4 atom stereocenters. The van der Waals surface area contributed by atoms with Crippen molar-refractivity contribution in [3.05, 3.63) is 29.8 Å². The summed E-state index contributed by atoms with van der Waals surface area (Å²) < 4.78 is 31.8. The SMILES string of the molecule is C[C@@H]1[C@H](C)CCC[C@@H]1NC(=O)[C@@H](C)OC(=O)CNS(=O)(=O)c1ccccc1C#N. The second kappa shape index (κ2) is 9.85. The average Bonchev–Trinajstić information content (AvgIpc) is 2.69. The Morgan fingerprint density at radius 2 is 1.97 bits per heavy atom. The van der Waals surface area contributed by atoms with Crippen molar-refractivity contribution in [2.24, 2.45) is 11.8 Å². The van der Waals surface area contributed by atoms with Gasteiger partial charge in [0.1, 0.15) is 12.6 Å². The highest BCUT2D eigenvalue weighted by molar-refractivity contribution is 7.89. The van der Waals surface area contributed by atoms with Crippen molar-refractivity contribution in [2.75, 3.05) is 6.54 Å². The van der Waals surface area contributed by atoms with Gasteiger partial charge in [0.15, 0.2) is 6.10 Å². The van der Waals surface area contributed by atoms with Crippen LogP contribution in [-0.4, -0.2) is 39.0 Å². The third kappa shape index (κ3) is 6.02. The van der Waals surface area contributed by atoms with Crippen LogP contribution in [0.1, 0.15) is 45.6 Å². The van der Waals surface area contributed by atoms with Crippen LogP contribution in [0.4, 0.5) is 0 Å². The van der Waals surface area contributed by atoms with E-state index in [1.807, 2.05) is 0 Å². The third-order valence-electron chi connectivity index (χ3n) is 5.42. The maximum absolute atomic E-state index is 12.3. The van der Waals surface area contributed by atoms with E-state index in [0.29, 0.717) is 11.8 Å². The summed E-state index contributed by atoms with van der Waals surface area (Å²) >= 11 is 0. The number of rotatable bonds is 7. The molecule has 29 heavy (non-hydrogen) atoms. The van der Waals surface area contributed by atoms with E-state index in [1.165, 1.54) is 25.1 Å². The van der Waals surface area contributed by atoms with Gasteiger partial charge in [0.2, 0.25) is 10.0 Å². The van der Waals surface area contributed by atoms with Crippen LogP contribution in [0.25, 0.3) is 0 Å². The second-order valence-corrected chi connectivity index (χ2v) is 9.18. The van der Waals surface area contributed by atoms with Crippen LogP contribution < -0.4 is 10.0 Å². The minimum Gasteiger partial charge on any atom is -0.452 e. The van der Waals surface area contributed by atoms with E-state index in [9.17, 15) is 18.0 Å². The molecule has 1 fully saturated rings. The predicted octanol–water partition coefficient (Wildman–Crippen LogP) is 1.71. The first-order chi connectivity index (χ1) is 13.7. The van der Waals surface area contributed by atoms with Gasteiger partial charge in [0, 0.05) is 6.04 Å². The standard InChI is InChI=1S/C20H27N3O5S/c1-13-7-6-9-17(14(13)2)23-20(25)15(3)28-19(24)12-22-29(26,27)18-10-5-4-8-16(18)11-21/h4-5,8,10,13-15,17,22H,6-7,9,12H2,1-3H3,(H,23,25)/t13-,14-,15-,17+/m1/s1. The molecule has 0 aromatic heterocycles. The first kappa shape index (κ1) is 22.8. The van der Waals surface area contributed by atoms with Crippen molar-refractivity contribution in [3.63, 3.8) is 0 Å². The molecule has 2 N–H and O–H groups in total. The number of amides is 1. The van der Waals surface area contributed by atoms with Crippen molar-refractivity contribution >= 4 is 21.9 Å². The fourth-order valence-electron chi connectivity index (χ4n) is 3.40. The van der Waals surface area contributed by atoms with Crippen molar-refractivity contribution in [3.8, 4) is 6.07 Å². The van der Waals surface area contributed by atoms with E-state index in [0.717, 1.165) is 19.3 Å². The molecule has 8 nitrogen and oxygen atoms in total. The van der Waals surface area contributed by atoms with Crippen molar-refractivity contribution in [2.45, 2.75) is 57.1 Å². The van der Waals surface area contributed by atoms with Gasteiger partial charge in [-0.15, -0.1) is 0 Å². The van der Waals surface area contributed by atoms with Gasteiger partial charge in [-0.2, -0.15) is 9.98 Å². The zero-order chi connectivity index (χ0) is 21.6. The van der Waals surface area contributed by atoms with E-state index in [-0.39, 0.29) is 16.5 Å². The summed E-state index contributed by atoms with van der Waals surface area (Å²) in [6, 6.07) is 7.49. The molecule has 9 heteroatoms. The maximum Gasteiger partial charge on any atom is 0.321 e. The first-order valence-corrected chi connectivity index (χ1v) is 11.1. The fraction of sp³-hybridized carbons (Fsp3) is 0.550. The topological polar surface area (TPSA) is 125 Å². The van der Waals surface area contributed by atoms with E-state index in [1.54, 1.807) is 12.1 Å². The zero-order valence-electron chi connectivity index (χ0n) is 16.8. The van der Waals surface area contributed by atoms with Crippen molar-refractivity contribution in [1.29, 1.82) is 5.26 Å². The van der Waals surface area contributed by atoms with Crippen LogP contribution in [0.2, 0.25) is 0 Å². The van der Waals surface area contributed by atoms with Gasteiger partial charge in [0.25, 0.3) is 5.91 Å². The third-order valence-corrected chi connectivity index (χ3v) is 6.87. The number of benzene rings is 1. The van der Waals surface area contributed by atoms with Crippen LogP contribution in [-0.2, 0) is 24.3 Å². The molecular formula is C20H27N3O5S. The molecule has 0 heterocycles. The Hall–Kier alpha value is -2.44. The van der Waals surface area contributed by atoms with Crippen LogP contribution in [0.3, 0.4) is 0 Å². The monoisotopic (exact) mass is 421 g/mol. The quantitative estimate of drug-likeness (QED) is 0.646. The molecule has 2 rings (SSSR count). The summed E-state index contributed by atoms with van der Waals surface area (Å²) in [7, 11) is -4.06. The Bertz CT molecular complexity index is 894. The van der Waals surface area contributed by atoms with Crippen LogP contribution in [0.5, 0.6) is 0 Å². The van der Waals surface area contributed by atoms with Crippen LogP contribution in [0.15, 0.2) is 29.2 Å². The summed E-state index contributed by atoms with van der Waals surface area (Å²) in [6.07, 6.45) is 2.02. The minimum atomic E-state index is -4.06. The predicted molar refractivity (Wildman–Crippen MR) is 106 cm³/mol. The molecule has 0 bridgehead atoms. The normalized spacial score (nSPS) is 22.9. The summed E-state index contributed by atoms with van der Waals surface area (Å²) in [4.78, 5) is 24.1. The number of nitriles is 1. The summed E-state index contributed by atoms with van der Waals surface area (Å²) in [5.41, 5.74) is -0.0306. The number of hydrogen-bond donors (Lipinski definition) is 2. The highest BCUT2D eigenvalue weighted by Gasteiger charge is 2.30. The van der Waals surface area contributed by atoms with Crippen molar-refractivity contribution in [1.82, 2.24) is 10.0 Å². The van der Waals surface area contributed by atoms with Gasteiger partial charge in [-0.3, -0.25) is 9.59 Å². The molecule has 158 valence electrons. The van der Waals surface area contributed by atoms with E-state index < -0.39 is 34.5 Å². The van der Waals surface area contributed by atoms with Crippen molar-refractivity contribution < 1.29 is 22.7 Å². The number of sulfonamides is 1. The molecule has 0 radical (unpaired) electrons. The smallest absolute Gasteiger partial charge is 0.321 e. The molecule has 0 aliphatic heterocycles. The molecule has 1 aliphatic carbocycles. The lowest BCUT2D eigenvalue weighted by Gasteiger charge is -2.35. The Morgan fingerprint density at radius 1 is 1.28 bits per heavy atom. The van der Waals surface area contributed by atoms with Crippen LogP contribution >= 0.6 is 0 Å². The Morgan fingerprint density at radius 3 is 2.66 bits per heavy atom. The van der Waals surface area contributed by atoms with E-state index >= 15 is 0 Å². The number of carbonyl (C=O) groups excluding carboxylic acids is 2. The largest absolute Gasteiger partial charge is 0.452 e. The lowest BCUT2D eigenvalue weighted by atomic mass is 9.78. The maximum atomic E-state index is 12.3. The molecule has 1 aromatic carbocycles. The van der Waals surface area contributed by atoms with E-state index in [2.05, 4.69) is 23.9 Å². The molecule has 1 aromatic rings. The number of ether oxygens (including phenoxy) is 1. The molecule has 0 unspecified atom stereocenters. The molecule has 0 spiro atoms. The summed E-state index contributed by atoms with van der Waals surface area (Å²) in [5, 5.41) is 12.0. The Kier molecular flexibility index (Phi) is 7.76. The second-order valence-electron chi connectivity index (χ2n) is 7.45. The number of nitrogens with one attached hydrogen (secondary N) is 2. The van der Waals surface area contributed by atoms with Gasteiger partial charge < -0.3 is 10.1 Å². The molecule has 1 amide bonds. The molecule has 0 saturated heterocycles. The molecule has 1 saturated carbocycles. The van der Waals surface area contributed by atoms with Gasteiger partial charge in [-0.1, -0.05) is 38.8 Å². The number of nitrogens with zero attached hydrogens (tertiary/aromatic N) is 1. The summed E-state index contributed by atoms with van der Waals surface area (Å²) in [6.45, 7) is 5.06. The zero-order valence-corrected chi connectivity index (χ0v) is 17.7. The number of esters is 1. The lowest BCUT2D eigenvalue weighted by Crippen LogP contribution is -2.48. The Balaban J connectivity index is 1.88. The summed E-state index contributed by atoms with van der Waals surface area (Å²) in [5.74, 6) is -0.432. The van der Waals surface area contributed by atoms with Gasteiger partial charge >= 0.3 is 5.97 Å². The van der Waals surface area contributed by atoms with E-state index in [4.69, 9.17) is 10.00 Å². The van der Waals surface area contributed by atoms with Gasteiger partial charge in [-0.05, 0) is 37.3 Å². The minimum absolute atomic E-state index is 0.0306. The Labute approximate surface area is 171 Å². The number of hydrogen-bond acceptors (Lipinski definition) is 6. The fourth-order valence-corrected chi connectivity index (χ4v) is 4.53. The van der Waals surface area contributed by atoms with Gasteiger partial charge in [-0.25, -0.2) is 8.42 Å². The molecule has 1 aliphatic rings. The number of carbonyl (C=O) groups is 2. The lowest BCUT2D eigenvalue weighted by molar-refractivity contribution is -0.154. The first-order valence-electron chi connectivity index (χ1n) is 9.64. The highest BCUT2D eigenvalue weighted by atomic mass is 32.2.